The van der Waals surface area contributed by atoms with Gasteiger partial charge in [-0.05, 0) is 62.1 Å². The van der Waals surface area contributed by atoms with Crippen LogP contribution in [0.2, 0.25) is 0 Å². The van der Waals surface area contributed by atoms with Crippen molar-refractivity contribution in [3.63, 3.8) is 0 Å². The van der Waals surface area contributed by atoms with Gasteiger partial charge in [-0.3, -0.25) is 4.79 Å². The quantitative estimate of drug-likeness (QED) is 0.432. The highest BCUT2D eigenvalue weighted by Gasteiger charge is 2.26. The molecule has 1 aliphatic heterocycles. The Morgan fingerprint density at radius 2 is 1.78 bits per heavy atom. The van der Waals surface area contributed by atoms with E-state index in [4.69, 9.17) is 13.9 Å². The molecule has 0 radical (unpaired) electrons. The van der Waals surface area contributed by atoms with E-state index >= 15 is 0 Å². The summed E-state index contributed by atoms with van der Waals surface area (Å²) in [5.74, 6) is -0.108. The third kappa shape index (κ3) is 4.82. The Kier molecular flexibility index (Phi) is 6.25. The van der Waals surface area contributed by atoms with Crippen molar-refractivity contribution in [1.29, 1.82) is 0 Å². The highest BCUT2D eigenvalue weighted by molar-refractivity contribution is 5.92. The molecule has 0 bridgehead atoms. The lowest BCUT2D eigenvalue weighted by Gasteiger charge is -2.20. The van der Waals surface area contributed by atoms with E-state index in [1.165, 1.54) is 6.07 Å². The third-order valence-electron chi connectivity index (χ3n) is 5.57. The number of carbonyl (C=O) groups excluding carboxylic acids is 2. The van der Waals surface area contributed by atoms with E-state index in [9.17, 15) is 14.4 Å². The highest BCUT2D eigenvalue weighted by atomic mass is 16.5. The van der Waals surface area contributed by atoms with E-state index in [-0.39, 0.29) is 12.5 Å². The predicted molar refractivity (Wildman–Crippen MR) is 119 cm³/mol. The van der Waals surface area contributed by atoms with Crippen LogP contribution in [-0.4, -0.2) is 36.0 Å². The number of hydrogen-bond donors (Lipinski definition) is 0. The monoisotopic (exact) mass is 435 g/mol. The van der Waals surface area contributed by atoms with E-state index < -0.39 is 17.7 Å². The van der Waals surface area contributed by atoms with Gasteiger partial charge in [0, 0.05) is 30.6 Å². The van der Waals surface area contributed by atoms with E-state index in [1.54, 1.807) is 42.2 Å². The standard InChI is InChI=1S/C25H25NO6/c1-16-13-23(27)32-22-14-20(9-10-21(16)22)30-15-18-5-7-19(8-6-18)25(29)31-17(2)24(28)26-11-3-4-12-26/h5-10,13-14,17H,3-4,11-12,15H2,1-2H3. The number of esters is 1. The number of fused-ring (bicyclic) bond motifs is 1. The Morgan fingerprint density at radius 3 is 2.50 bits per heavy atom. The fraction of sp³-hybridized carbons (Fsp3) is 0.320. The van der Waals surface area contributed by atoms with Gasteiger partial charge in [0.1, 0.15) is 17.9 Å². The molecule has 0 spiro atoms. The van der Waals surface area contributed by atoms with Crippen molar-refractivity contribution in [3.05, 3.63) is 75.6 Å². The molecule has 7 heteroatoms. The fourth-order valence-electron chi connectivity index (χ4n) is 3.77. The average Bonchev–Trinajstić information content (AvgIpc) is 3.32. The predicted octanol–water partition coefficient (Wildman–Crippen LogP) is 3.85. The summed E-state index contributed by atoms with van der Waals surface area (Å²) in [5, 5.41) is 0.859. The van der Waals surface area contributed by atoms with Crippen LogP contribution in [0.5, 0.6) is 5.75 Å². The first-order valence-corrected chi connectivity index (χ1v) is 10.7. The molecule has 1 unspecified atom stereocenters. The van der Waals surface area contributed by atoms with Crippen LogP contribution in [0.4, 0.5) is 0 Å². The van der Waals surface area contributed by atoms with E-state index in [2.05, 4.69) is 0 Å². The summed E-state index contributed by atoms with van der Waals surface area (Å²) in [4.78, 5) is 38.0. The largest absolute Gasteiger partial charge is 0.489 e. The van der Waals surface area contributed by atoms with Gasteiger partial charge in [0.2, 0.25) is 0 Å². The van der Waals surface area contributed by atoms with Gasteiger partial charge in [-0.2, -0.15) is 0 Å². The van der Waals surface area contributed by atoms with Crippen LogP contribution < -0.4 is 10.4 Å². The lowest BCUT2D eigenvalue weighted by Crippen LogP contribution is -2.38. The molecule has 2 aromatic carbocycles. The molecule has 3 aromatic rings. The normalized spacial score (nSPS) is 14.4. The minimum absolute atomic E-state index is 0.151. The summed E-state index contributed by atoms with van der Waals surface area (Å²) < 4.78 is 16.4. The number of aryl methyl sites for hydroxylation is 1. The van der Waals surface area contributed by atoms with Gasteiger partial charge < -0.3 is 18.8 Å². The van der Waals surface area contributed by atoms with Crippen LogP contribution in [0.25, 0.3) is 11.0 Å². The zero-order valence-electron chi connectivity index (χ0n) is 18.1. The Labute approximate surface area is 185 Å². The van der Waals surface area contributed by atoms with Crippen LogP contribution in [0, 0.1) is 6.92 Å². The van der Waals surface area contributed by atoms with Crippen LogP contribution >= 0.6 is 0 Å². The molecule has 2 heterocycles. The number of carbonyl (C=O) groups is 2. The molecule has 0 aliphatic carbocycles. The van der Waals surface area contributed by atoms with Crippen molar-refractivity contribution in [2.24, 2.45) is 0 Å². The molecule has 7 nitrogen and oxygen atoms in total. The van der Waals surface area contributed by atoms with E-state index in [0.717, 1.165) is 42.4 Å². The van der Waals surface area contributed by atoms with Crippen LogP contribution in [0.1, 0.15) is 41.3 Å². The van der Waals surface area contributed by atoms with Gasteiger partial charge in [0.25, 0.3) is 5.91 Å². The summed E-state index contributed by atoms with van der Waals surface area (Å²) in [6, 6.07) is 13.7. The average molecular weight is 435 g/mol. The number of ether oxygens (including phenoxy) is 2. The van der Waals surface area contributed by atoms with Crippen LogP contribution in [-0.2, 0) is 16.1 Å². The maximum Gasteiger partial charge on any atom is 0.338 e. The van der Waals surface area contributed by atoms with Crippen LogP contribution in [0.15, 0.2) is 57.7 Å². The van der Waals surface area contributed by atoms with Crippen molar-refractivity contribution in [1.82, 2.24) is 4.90 Å². The number of hydrogen-bond acceptors (Lipinski definition) is 6. The Morgan fingerprint density at radius 1 is 1.06 bits per heavy atom. The maximum atomic E-state index is 12.4. The van der Waals surface area contributed by atoms with E-state index in [1.807, 2.05) is 19.1 Å². The molecule has 166 valence electrons. The zero-order valence-corrected chi connectivity index (χ0v) is 18.1. The molecular weight excluding hydrogens is 410 g/mol. The Hall–Kier alpha value is -3.61. The first kappa shape index (κ1) is 21.6. The zero-order chi connectivity index (χ0) is 22.7. The second-order valence-corrected chi connectivity index (χ2v) is 7.97. The molecule has 1 amide bonds. The summed E-state index contributed by atoms with van der Waals surface area (Å²) in [6.07, 6.45) is 1.17. The fourth-order valence-corrected chi connectivity index (χ4v) is 3.77. The van der Waals surface area contributed by atoms with Crippen molar-refractivity contribution in [2.75, 3.05) is 13.1 Å². The molecule has 32 heavy (non-hydrogen) atoms. The molecule has 1 aliphatic rings. The summed E-state index contributed by atoms with van der Waals surface area (Å²) in [7, 11) is 0. The van der Waals surface area contributed by atoms with Crippen molar-refractivity contribution < 1.29 is 23.5 Å². The van der Waals surface area contributed by atoms with Gasteiger partial charge in [-0.25, -0.2) is 9.59 Å². The minimum atomic E-state index is -0.805. The van der Waals surface area contributed by atoms with Gasteiger partial charge in [-0.1, -0.05) is 12.1 Å². The Balaban J connectivity index is 1.35. The molecular formula is C25H25NO6. The molecule has 0 N–H and O–H groups in total. The number of nitrogens with zero attached hydrogens (tertiary/aromatic N) is 1. The number of rotatable bonds is 6. The maximum absolute atomic E-state index is 12.4. The first-order valence-electron chi connectivity index (χ1n) is 10.7. The summed E-state index contributed by atoms with van der Waals surface area (Å²) in [5.41, 5.74) is 2.15. The second-order valence-electron chi connectivity index (χ2n) is 7.97. The third-order valence-corrected chi connectivity index (χ3v) is 5.57. The van der Waals surface area contributed by atoms with Crippen molar-refractivity contribution in [2.45, 2.75) is 39.4 Å². The summed E-state index contributed by atoms with van der Waals surface area (Å²) in [6.45, 7) is 5.18. The second kappa shape index (κ2) is 9.26. The van der Waals surface area contributed by atoms with Gasteiger partial charge >= 0.3 is 11.6 Å². The van der Waals surface area contributed by atoms with Gasteiger partial charge in [0.05, 0.1) is 5.56 Å². The molecule has 4 rings (SSSR count). The van der Waals surface area contributed by atoms with Crippen molar-refractivity contribution >= 4 is 22.8 Å². The molecule has 1 fully saturated rings. The first-order chi connectivity index (χ1) is 15.4. The van der Waals surface area contributed by atoms with Crippen molar-refractivity contribution in [3.8, 4) is 5.75 Å². The van der Waals surface area contributed by atoms with E-state index in [0.29, 0.717) is 16.9 Å². The molecule has 1 saturated heterocycles. The van der Waals surface area contributed by atoms with Gasteiger partial charge in [-0.15, -0.1) is 0 Å². The SMILES string of the molecule is Cc1cc(=O)oc2cc(OCc3ccc(C(=O)OC(C)C(=O)N4CCCC4)cc3)ccc12. The summed E-state index contributed by atoms with van der Waals surface area (Å²) >= 11 is 0. The number of benzene rings is 2. The topological polar surface area (TPSA) is 86.0 Å². The smallest absolute Gasteiger partial charge is 0.338 e. The van der Waals surface area contributed by atoms with Gasteiger partial charge in [0.15, 0.2) is 6.10 Å². The highest BCUT2D eigenvalue weighted by Crippen LogP contribution is 2.23. The number of amides is 1. The molecule has 0 saturated carbocycles. The molecule has 1 aromatic heterocycles. The Bertz CT molecular complexity index is 1190. The van der Waals surface area contributed by atoms with Crippen LogP contribution in [0.3, 0.4) is 0 Å². The molecule has 1 atom stereocenters. The lowest BCUT2D eigenvalue weighted by atomic mass is 10.1. The lowest BCUT2D eigenvalue weighted by molar-refractivity contribution is -0.138. The minimum Gasteiger partial charge on any atom is -0.489 e. The number of likely N-dealkylation sites (tertiary alicyclic amines) is 1.